The molecule has 0 aromatic heterocycles. The molecular weight excluding hydrogens is 398 g/mol. The van der Waals surface area contributed by atoms with Crippen molar-refractivity contribution < 1.29 is 23.8 Å². The van der Waals surface area contributed by atoms with E-state index in [1.807, 2.05) is 12.1 Å². The van der Waals surface area contributed by atoms with E-state index < -0.39 is 0 Å². The van der Waals surface area contributed by atoms with E-state index in [0.29, 0.717) is 23.9 Å². The molecular formula is C23H33N3O5. The van der Waals surface area contributed by atoms with Crippen molar-refractivity contribution in [2.24, 2.45) is 11.8 Å². The van der Waals surface area contributed by atoms with Gasteiger partial charge >= 0.3 is 0 Å². The Morgan fingerprint density at radius 2 is 1.39 bits per heavy atom. The fraction of sp³-hybridized carbons (Fsp3) is 0.652. The van der Waals surface area contributed by atoms with E-state index in [4.69, 9.17) is 14.2 Å². The molecule has 0 N–H and O–H groups in total. The number of hydrogen-bond donors (Lipinski definition) is 0. The zero-order valence-corrected chi connectivity index (χ0v) is 18.8. The largest absolute Gasteiger partial charge is 0.493 e. The third-order valence-electron chi connectivity index (χ3n) is 6.92. The van der Waals surface area contributed by atoms with Crippen LogP contribution in [0.1, 0.15) is 31.2 Å². The van der Waals surface area contributed by atoms with Gasteiger partial charge in [0.1, 0.15) is 0 Å². The topological polar surface area (TPSA) is 71.6 Å². The molecule has 0 unspecified atom stereocenters. The lowest BCUT2D eigenvalue weighted by Crippen LogP contribution is -2.51. The van der Waals surface area contributed by atoms with Gasteiger partial charge in [0.15, 0.2) is 11.5 Å². The van der Waals surface area contributed by atoms with Crippen molar-refractivity contribution >= 4 is 11.8 Å². The van der Waals surface area contributed by atoms with E-state index in [1.165, 1.54) is 4.90 Å². The number of hydrogen-bond acceptors (Lipinski definition) is 7. The average Bonchev–Trinajstić information content (AvgIpc) is 3.04. The van der Waals surface area contributed by atoms with E-state index in [0.717, 1.165) is 64.0 Å². The van der Waals surface area contributed by atoms with Gasteiger partial charge in [-0.2, -0.15) is 0 Å². The second-order valence-corrected chi connectivity index (χ2v) is 8.63. The van der Waals surface area contributed by atoms with E-state index >= 15 is 0 Å². The summed E-state index contributed by atoms with van der Waals surface area (Å²) in [6.45, 7) is 4.53. The minimum absolute atomic E-state index is 0.0483. The monoisotopic (exact) mass is 431 g/mol. The normalized spacial score (nSPS) is 24.9. The maximum atomic E-state index is 12.7. The van der Waals surface area contributed by atoms with E-state index in [1.54, 1.807) is 21.3 Å². The van der Waals surface area contributed by atoms with Gasteiger partial charge in [-0.1, -0.05) is 18.9 Å². The van der Waals surface area contributed by atoms with Crippen LogP contribution >= 0.6 is 0 Å². The van der Waals surface area contributed by atoms with Gasteiger partial charge in [0.25, 0.3) is 0 Å². The Kier molecular flexibility index (Phi) is 6.67. The number of fused-ring (bicyclic) bond motifs is 1. The Labute approximate surface area is 184 Å². The number of piperazine rings is 1. The van der Waals surface area contributed by atoms with Crippen molar-refractivity contribution in [3.8, 4) is 17.2 Å². The standard InChI is InChI=1S/C23H33N3O5/c1-29-19-9-8-16(20(30-2)21(19)31-3)14-24-10-12-25(13-11-24)15-26-22(27)17-6-4-5-7-18(17)23(26)28/h8-9,17-18H,4-7,10-15H2,1-3H3/t17-,18-/m1/s1. The number of carbonyl (C=O) groups excluding carboxylic acids is 2. The molecule has 3 aliphatic rings. The molecule has 2 saturated heterocycles. The first kappa shape index (κ1) is 21.9. The Bertz CT molecular complexity index is 798. The Morgan fingerprint density at radius 1 is 0.806 bits per heavy atom. The average molecular weight is 432 g/mol. The van der Waals surface area contributed by atoms with E-state index in [2.05, 4.69) is 9.80 Å². The maximum absolute atomic E-state index is 12.7. The molecule has 2 heterocycles. The highest BCUT2D eigenvalue weighted by Gasteiger charge is 2.48. The summed E-state index contributed by atoms with van der Waals surface area (Å²) >= 11 is 0. The highest BCUT2D eigenvalue weighted by Crippen LogP contribution is 2.40. The first-order valence-corrected chi connectivity index (χ1v) is 11.1. The number of benzene rings is 1. The van der Waals surface area contributed by atoms with Gasteiger partial charge in [0.2, 0.25) is 17.6 Å². The Balaban J connectivity index is 1.34. The van der Waals surface area contributed by atoms with Gasteiger partial charge in [-0.05, 0) is 18.9 Å². The molecule has 0 spiro atoms. The second kappa shape index (κ2) is 9.44. The van der Waals surface area contributed by atoms with Gasteiger partial charge < -0.3 is 14.2 Å². The van der Waals surface area contributed by atoms with Gasteiger partial charge in [-0.3, -0.25) is 24.3 Å². The molecule has 170 valence electrons. The third kappa shape index (κ3) is 4.23. The summed E-state index contributed by atoms with van der Waals surface area (Å²) in [5.41, 5.74) is 1.04. The summed E-state index contributed by atoms with van der Waals surface area (Å²) < 4.78 is 16.5. The first-order valence-electron chi connectivity index (χ1n) is 11.1. The first-order chi connectivity index (χ1) is 15.1. The molecule has 1 aliphatic carbocycles. The van der Waals surface area contributed by atoms with Crippen molar-refractivity contribution in [1.82, 2.24) is 14.7 Å². The molecule has 4 rings (SSSR count). The predicted octanol–water partition coefficient (Wildman–Crippen LogP) is 1.96. The molecule has 8 heteroatoms. The summed E-state index contributed by atoms with van der Waals surface area (Å²) in [5.74, 6) is 1.90. The fourth-order valence-corrected chi connectivity index (χ4v) is 5.19. The number of ether oxygens (including phenoxy) is 3. The molecule has 0 radical (unpaired) electrons. The van der Waals surface area contributed by atoms with Crippen LogP contribution in [-0.2, 0) is 16.1 Å². The number of imide groups is 1. The Hall–Kier alpha value is -2.32. The van der Waals surface area contributed by atoms with Crippen molar-refractivity contribution in [3.63, 3.8) is 0 Å². The van der Waals surface area contributed by atoms with Crippen LogP contribution in [0.15, 0.2) is 12.1 Å². The number of amides is 2. The van der Waals surface area contributed by atoms with Crippen molar-refractivity contribution in [2.75, 3.05) is 54.2 Å². The van der Waals surface area contributed by atoms with Crippen LogP contribution in [-0.4, -0.2) is 80.7 Å². The zero-order valence-electron chi connectivity index (χ0n) is 18.8. The smallest absolute Gasteiger partial charge is 0.234 e. The maximum Gasteiger partial charge on any atom is 0.234 e. The summed E-state index contributed by atoms with van der Waals surface area (Å²) in [4.78, 5) is 31.6. The number of carbonyl (C=O) groups is 2. The van der Waals surface area contributed by atoms with Gasteiger partial charge in [-0.15, -0.1) is 0 Å². The van der Waals surface area contributed by atoms with Crippen LogP contribution in [0.3, 0.4) is 0 Å². The summed E-state index contributed by atoms with van der Waals surface area (Å²) in [7, 11) is 4.86. The van der Waals surface area contributed by atoms with E-state index in [9.17, 15) is 9.59 Å². The lowest BCUT2D eigenvalue weighted by molar-refractivity contribution is -0.142. The third-order valence-corrected chi connectivity index (χ3v) is 6.92. The predicted molar refractivity (Wildman–Crippen MR) is 115 cm³/mol. The number of rotatable bonds is 7. The van der Waals surface area contributed by atoms with Crippen LogP contribution in [0.25, 0.3) is 0 Å². The molecule has 8 nitrogen and oxygen atoms in total. The van der Waals surface area contributed by atoms with Gasteiger partial charge in [0, 0.05) is 38.3 Å². The molecule has 2 amide bonds. The van der Waals surface area contributed by atoms with Crippen molar-refractivity contribution in [3.05, 3.63) is 17.7 Å². The van der Waals surface area contributed by atoms with Crippen molar-refractivity contribution in [1.29, 1.82) is 0 Å². The highest BCUT2D eigenvalue weighted by atomic mass is 16.5. The van der Waals surface area contributed by atoms with Gasteiger partial charge in [0.05, 0.1) is 39.8 Å². The quantitative estimate of drug-likeness (QED) is 0.611. The molecule has 3 fully saturated rings. The summed E-state index contributed by atoms with van der Waals surface area (Å²) in [6, 6.07) is 3.91. The van der Waals surface area contributed by atoms with Crippen LogP contribution in [0.5, 0.6) is 17.2 Å². The number of methoxy groups -OCH3 is 3. The van der Waals surface area contributed by atoms with E-state index in [-0.39, 0.29) is 23.7 Å². The minimum Gasteiger partial charge on any atom is -0.493 e. The number of nitrogens with zero attached hydrogens (tertiary/aromatic N) is 3. The molecule has 1 aromatic rings. The SMILES string of the molecule is COc1ccc(CN2CCN(CN3C(=O)[C@@H]4CCCC[C@H]4C3=O)CC2)c(OC)c1OC. The van der Waals surface area contributed by atoms with Gasteiger partial charge in [-0.25, -0.2) is 0 Å². The van der Waals surface area contributed by atoms with Crippen LogP contribution in [0.2, 0.25) is 0 Å². The molecule has 2 atom stereocenters. The highest BCUT2D eigenvalue weighted by molar-refractivity contribution is 6.05. The zero-order chi connectivity index (χ0) is 22.0. The second-order valence-electron chi connectivity index (χ2n) is 8.63. The molecule has 1 aromatic carbocycles. The van der Waals surface area contributed by atoms with Crippen LogP contribution in [0, 0.1) is 11.8 Å². The molecule has 31 heavy (non-hydrogen) atoms. The van der Waals surface area contributed by atoms with Crippen LogP contribution < -0.4 is 14.2 Å². The Morgan fingerprint density at radius 3 is 1.94 bits per heavy atom. The fourth-order valence-electron chi connectivity index (χ4n) is 5.19. The minimum atomic E-state index is -0.0694. The summed E-state index contributed by atoms with van der Waals surface area (Å²) in [6.07, 6.45) is 3.86. The molecule has 2 aliphatic heterocycles. The van der Waals surface area contributed by atoms with Crippen molar-refractivity contribution in [2.45, 2.75) is 32.2 Å². The lowest BCUT2D eigenvalue weighted by atomic mass is 9.81. The molecule has 1 saturated carbocycles. The molecule has 0 bridgehead atoms. The summed E-state index contributed by atoms with van der Waals surface area (Å²) in [5, 5.41) is 0. The van der Waals surface area contributed by atoms with Crippen LogP contribution in [0.4, 0.5) is 0 Å². The number of likely N-dealkylation sites (tertiary alicyclic amines) is 1. The lowest BCUT2D eigenvalue weighted by Gasteiger charge is -2.36.